The van der Waals surface area contributed by atoms with Crippen LogP contribution in [0.25, 0.3) is 11.1 Å². The van der Waals surface area contributed by atoms with E-state index in [-0.39, 0.29) is 37.5 Å². The summed E-state index contributed by atoms with van der Waals surface area (Å²) in [5.41, 5.74) is -0.933. The third-order valence-electron chi connectivity index (χ3n) is 16.2. The van der Waals surface area contributed by atoms with Gasteiger partial charge >= 0.3 is 6.18 Å². The molecule has 7 rings (SSSR count). The average Bonchev–Trinajstić information content (AvgIpc) is 4.28. The molecule has 4 fully saturated rings. The molecule has 3 heterocycles. The van der Waals surface area contributed by atoms with Gasteiger partial charge in [0.05, 0.1) is 12.2 Å². The summed E-state index contributed by atoms with van der Waals surface area (Å²) < 4.78 is 102. The number of anilines is 1. The van der Waals surface area contributed by atoms with Crippen LogP contribution in [-0.4, -0.2) is 175 Å². The second-order valence-corrected chi connectivity index (χ2v) is 23.2. The fourth-order valence-electron chi connectivity index (χ4n) is 11.5. The van der Waals surface area contributed by atoms with Gasteiger partial charge in [0.25, 0.3) is 5.92 Å². The molecule has 6 atom stereocenters. The molecule has 3 saturated heterocycles. The Morgan fingerprint density at radius 2 is 1.55 bits per heavy atom. The van der Waals surface area contributed by atoms with E-state index in [0.717, 1.165) is 18.0 Å². The number of hydrogen-bond acceptors (Lipinski definition) is 8. The first-order chi connectivity index (χ1) is 36.6. The highest BCUT2D eigenvalue weighted by atomic mass is 35.5. The van der Waals surface area contributed by atoms with Gasteiger partial charge in [-0.25, -0.2) is 17.6 Å². The van der Waals surface area contributed by atoms with E-state index < -0.39 is 115 Å². The topological polar surface area (TPSA) is 146 Å². The third kappa shape index (κ3) is 13.6. The van der Waals surface area contributed by atoms with Gasteiger partial charge in [-0.05, 0) is 92.0 Å². The van der Waals surface area contributed by atoms with Crippen molar-refractivity contribution in [2.75, 3.05) is 65.3 Å². The molecule has 1 saturated carbocycles. The first-order valence-corrected chi connectivity index (χ1v) is 27.6. The molecule has 430 valence electrons. The highest BCUT2D eigenvalue weighted by Gasteiger charge is 2.75. The van der Waals surface area contributed by atoms with E-state index in [2.05, 4.69) is 29.4 Å². The number of hydrogen-bond donors (Lipinski definition) is 2. The minimum Gasteiger partial charge on any atom is -0.367 e. The molecular formula is C56H74ClF7N8O6. The maximum Gasteiger partial charge on any atom is 0.403 e. The number of nitrogens with zero attached hydrogens (tertiary/aromatic N) is 6. The monoisotopic (exact) mass is 1120 g/mol. The zero-order chi connectivity index (χ0) is 57.2. The molecule has 2 N–H and O–H groups in total. The highest BCUT2D eigenvalue weighted by Crippen LogP contribution is 2.61. The van der Waals surface area contributed by atoms with E-state index >= 15 is 4.39 Å². The number of benzene rings is 2. The second kappa shape index (κ2) is 24.5. The van der Waals surface area contributed by atoms with Gasteiger partial charge in [0, 0.05) is 90.6 Å². The molecule has 0 bridgehead atoms. The predicted octanol–water partition coefficient (Wildman–Crippen LogP) is 7.95. The Hall–Kier alpha value is -5.44. The van der Waals surface area contributed by atoms with E-state index in [0.29, 0.717) is 95.7 Å². The lowest BCUT2D eigenvalue weighted by molar-refractivity contribution is -0.299. The number of alkyl halides is 6. The van der Waals surface area contributed by atoms with E-state index in [1.807, 2.05) is 24.8 Å². The van der Waals surface area contributed by atoms with Crippen molar-refractivity contribution in [2.24, 2.45) is 11.3 Å². The van der Waals surface area contributed by atoms with Gasteiger partial charge < -0.3 is 35.1 Å². The molecule has 22 heteroatoms. The summed E-state index contributed by atoms with van der Waals surface area (Å²) in [7, 11) is 4.50. The number of carbonyl (C=O) groups excluding carboxylic acids is 6. The molecular weight excluding hydrogens is 1050 g/mol. The van der Waals surface area contributed by atoms with Gasteiger partial charge in [0.2, 0.25) is 35.4 Å². The predicted molar refractivity (Wildman–Crippen MR) is 282 cm³/mol. The molecule has 2 aliphatic carbocycles. The summed E-state index contributed by atoms with van der Waals surface area (Å²) in [4.78, 5) is 95.1. The molecule has 2 aromatic carbocycles. The normalized spacial score (nSPS) is 25.2. The lowest BCUT2D eigenvalue weighted by Crippen LogP contribution is -2.65. The Morgan fingerprint density at radius 1 is 0.897 bits per heavy atom. The summed E-state index contributed by atoms with van der Waals surface area (Å²) >= 11 is 6.63. The van der Waals surface area contributed by atoms with Crippen molar-refractivity contribution in [3.05, 3.63) is 64.5 Å². The van der Waals surface area contributed by atoms with Crippen LogP contribution in [0.3, 0.4) is 0 Å². The Balaban J connectivity index is 1.12. The van der Waals surface area contributed by atoms with Gasteiger partial charge in [-0.15, -0.1) is 0 Å². The Bertz CT molecular complexity index is 2590. The van der Waals surface area contributed by atoms with Crippen molar-refractivity contribution in [3.63, 3.8) is 0 Å². The molecule has 2 unspecified atom stereocenters. The lowest BCUT2D eigenvalue weighted by Gasteiger charge is -2.48. The van der Waals surface area contributed by atoms with Crippen LogP contribution in [0.4, 0.5) is 36.4 Å². The summed E-state index contributed by atoms with van der Waals surface area (Å²) in [5, 5.41) is 5.71. The van der Waals surface area contributed by atoms with Crippen LogP contribution < -0.4 is 15.5 Å². The number of likely N-dealkylation sites (N-methyl/N-ethyl adjacent to an activating group) is 3. The van der Waals surface area contributed by atoms with Crippen molar-refractivity contribution in [1.29, 1.82) is 0 Å². The Kier molecular flexibility index (Phi) is 18.9. The molecule has 14 nitrogen and oxygen atoms in total. The minimum absolute atomic E-state index is 0.0368. The zero-order valence-corrected chi connectivity index (χ0v) is 46.3. The van der Waals surface area contributed by atoms with E-state index in [9.17, 15) is 55.1 Å². The van der Waals surface area contributed by atoms with E-state index in [4.69, 9.17) is 11.6 Å². The second-order valence-electron chi connectivity index (χ2n) is 22.7. The van der Waals surface area contributed by atoms with Crippen molar-refractivity contribution in [3.8, 4) is 11.1 Å². The molecule has 0 aromatic heterocycles. The van der Waals surface area contributed by atoms with Crippen LogP contribution in [0.1, 0.15) is 104 Å². The lowest BCUT2D eigenvalue weighted by atomic mass is 9.64. The van der Waals surface area contributed by atoms with Gasteiger partial charge in [-0.3, -0.25) is 33.7 Å². The van der Waals surface area contributed by atoms with Gasteiger partial charge in [-0.2, -0.15) is 13.2 Å². The van der Waals surface area contributed by atoms with Crippen LogP contribution in [0, 0.1) is 17.2 Å². The SMILES string of the molecule is CC(C)C[C@@H]1NC(=O)[C@@H](N(C)C(=O)C(NC(=O)[C@@H]2C[C@@H](F)CN2C(=O)C2(C(F)(F)F)CC(F)(F)C2)C2=CC2)CCCCCCCN(C)C(=O)C(Cc2cc(Cl)ccc2-c2ccc(N3CCN(C(C)C)CC3)c(F)c2)N(C)C1=O. The first-order valence-electron chi connectivity index (χ1n) is 27.2. The van der Waals surface area contributed by atoms with Gasteiger partial charge in [0.1, 0.15) is 42.2 Å². The summed E-state index contributed by atoms with van der Waals surface area (Å²) in [6, 6.07) is 3.61. The maximum absolute atomic E-state index is 16.1. The van der Waals surface area contributed by atoms with Crippen LogP contribution in [-0.2, 0) is 35.2 Å². The highest BCUT2D eigenvalue weighted by molar-refractivity contribution is 6.30. The van der Waals surface area contributed by atoms with Crippen molar-refractivity contribution in [1.82, 2.24) is 35.1 Å². The van der Waals surface area contributed by atoms with E-state index in [1.165, 1.54) is 25.1 Å². The van der Waals surface area contributed by atoms with Crippen LogP contribution >= 0.6 is 11.6 Å². The molecule has 5 aliphatic rings. The summed E-state index contributed by atoms with van der Waals surface area (Å²) in [6.07, 6.45) is -6.73. The van der Waals surface area contributed by atoms with Gasteiger partial charge in [-0.1, -0.05) is 69.3 Å². The summed E-state index contributed by atoms with van der Waals surface area (Å²) in [6.45, 7) is 10.3. The number of carbonyl (C=O) groups is 6. The standard InChI is InChI=1S/C56H74ClF7N8O6/c1-33(2)25-42-50(75)69(7)46(28-37-26-38(57)17-18-40(37)36-16-19-43(41(59)27-36)71-23-21-70(22-24-71)34(3)4)51(76)67(5)20-12-10-8-9-11-13-44(48(73)65-42)68(6)52(77)47(35-14-15-35)66-49(74)45-29-39(58)30-72(45)53(78)54(56(62,63)64)31-55(60,61)32-54/h14,16-19,26-27,33-34,39,42,44-47H,8-13,15,20-25,28-32H2,1-7H3,(H,65,73)(H,66,74)/t39-,42+,44+,45+,46?,47?/m1/s1. The van der Waals surface area contributed by atoms with Crippen LogP contribution in [0.2, 0.25) is 5.02 Å². The molecule has 0 spiro atoms. The molecule has 0 radical (unpaired) electrons. The number of amides is 6. The maximum atomic E-state index is 16.1. The van der Waals surface area contributed by atoms with Gasteiger partial charge in [0.15, 0.2) is 5.41 Å². The number of halogens is 8. The smallest absolute Gasteiger partial charge is 0.367 e. The van der Waals surface area contributed by atoms with Crippen molar-refractivity contribution >= 4 is 52.7 Å². The largest absolute Gasteiger partial charge is 0.403 e. The van der Waals surface area contributed by atoms with Crippen LogP contribution in [0.5, 0.6) is 0 Å². The number of rotatable bonds is 13. The van der Waals surface area contributed by atoms with Crippen LogP contribution in [0.15, 0.2) is 48.0 Å². The number of allylic oxidation sites excluding steroid dienone is 1. The quantitative estimate of drug-likeness (QED) is 0.152. The molecule has 2 aromatic rings. The molecule has 78 heavy (non-hydrogen) atoms. The number of piperazine rings is 1. The van der Waals surface area contributed by atoms with E-state index in [1.54, 1.807) is 42.3 Å². The molecule has 6 amide bonds. The average molecular weight is 1120 g/mol. The Labute approximate surface area is 457 Å². The fourth-order valence-corrected chi connectivity index (χ4v) is 11.7. The third-order valence-corrected chi connectivity index (χ3v) is 16.5. The minimum atomic E-state index is -5.42. The van der Waals surface area contributed by atoms with Crippen molar-refractivity contribution < 1.29 is 59.5 Å². The Morgan fingerprint density at radius 3 is 2.15 bits per heavy atom. The zero-order valence-electron chi connectivity index (χ0n) is 45.5. The molecule has 3 aliphatic heterocycles. The number of likely N-dealkylation sites (tertiary alicyclic amines) is 1. The fraction of sp³-hybridized carbons (Fsp3) is 0.643. The number of nitrogens with one attached hydrogen (secondary N) is 2. The summed E-state index contributed by atoms with van der Waals surface area (Å²) in [5.74, 6) is -9.90. The van der Waals surface area contributed by atoms with Crippen molar-refractivity contribution in [2.45, 2.75) is 159 Å². The first kappa shape index (κ1) is 60.2.